The summed E-state index contributed by atoms with van der Waals surface area (Å²) in [6.07, 6.45) is 1.21. The average molecular weight is 364 g/mol. The summed E-state index contributed by atoms with van der Waals surface area (Å²) in [4.78, 5) is -0.457. The summed E-state index contributed by atoms with van der Waals surface area (Å²) in [5, 5.41) is 0. The second kappa shape index (κ2) is 5.87. The van der Waals surface area contributed by atoms with Crippen LogP contribution >= 0.6 is 11.6 Å². The van der Waals surface area contributed by atoms with E-state index in [1.807, 2.05) is 45.0 Å². The van der Waals surface area contributed by atoms with Crippen LogP contribution in [0.15, 0.2) is 53.4 Å². The van der Waals surface area contributed by atoms with E-state index in [0.29, 0.717) is 12.8 Å². The molecule has 3 rings (SSSR count). The Kier molecular flexibility index (Phi) is 4.27. The zero-order chi connectivity index (χ0) is 17.6. The highest BCUT2D eigenvalue weighted by Crippen LogP contribution is 2.50. The van der Waals surface area contributed by atoms with Crippen molar-refractivity contribution in [2.24, 2.45) is 0 Å². The molecular weight excluding hydrogens is 342 g/mol. The standard InChI is InChI=1S/C19H22ClNO2S/c1-4-19(17-8-6-5-7-15(17)13-18(19,3)20)21-24(22,23)16-11-9-14(2)10-12-16/h5-12,21H,4,13H2,1-3H3/t18-,19-/m1/s1. The molecule has 1 aliphatic rings. The van der Waals surface area contributed by atoms with Crippen molar-refractivity contribution in [1.82, 2.24) is 4.72 Å². The molecule has 3 nitrogen and oxygen atoms in total. The van der Waals surface area contributed by atoms with Crippen molar-refractivity contribution in [3.63, 3.8) is 0 Å². The van der Waals surface area contributed by atoms with Gasteiger partial charge < -0.3 is 0 Å². The molecule has 1 aliphatic carbocycles. The first-order chi connectivity index (χ1) is 11.2. The normalized spacial score (nSPS) is 26.3. The number of benzene rings is 2. The van der Waals surface area contributed by atoms with Gasteiger partial charge in [0.15, 0.2) is 0 Å². The van der Waals surface area contributed by atoms with Gasteiger partial charge in [0.1, 0.15) is 0 Å². The van der Waals surface area contributed by atoms with Crippen molar-refractivity contribution in [3.05, 3.63) is 65.2 Å². The first-order valence-electron chi connectivity index (χ1n) is 8.10. The molecular formula is C19H22ClNO2S. The second-order valence-corrected chi connectivity index (χ2v) is 9.23. The third kappa shape index (κ3) is 2.67. The Hall–Kier alpha value is -1.36. The van der Waals surface area contributed by atoms with Gasteiger partial charge in [-0.15, -0.1) is 11.6 Å². The highest BCUT2D eigenvalue weighted by Gasteiger charge is 2.55. The third-order valence-electron chi connectivity index (χ3n) is 5.06. The van der Waals surface area contributed by atoms with Crippen molar-refractivity contribution < 1.29 is 8.42 Å². The van der Waals surface area contributed by atoms with Gasteiger partial charge in [-0.05, 0) is 49.9 Å². The molecule has 0 fully saturated rings. The number of rotatable bonds is 4. The van der Waals surface area contributed by atoms with Crippen molar-refractivity contribution in [1.29, 1.82) is 0 Å². The lowest BCUT2D eigenvalue weighted by Crippen LogP contribution is -2.55. The minimum Gasteiger partial charge on any atom is -0.207 e. The van der Waals surface area contributed by atoms with E-state index >= 15 is 0 Å². The summed E-state index contributed by atoms with van der Waals surface area (Å²) in [6, 6.07) is 14.8. The molecule has 0 spiro atoms. The molecule has 0 amide bonds. The maximum atomic E-state index is 13.0. The topological polar surface area (TPSA) is 46.2 Å². The van der Waals surface area contributed by atoms with Crippen LogP contribution in [0.4, 0.5) is 0 Å². The number of hydrogen-bond acceptors (Lipinski definition) is 2. The Morgan fingerprint density at radius 1 is 1.12 bits per heavy atom. The summed E-state index contributed by atoms with van der Waals surface area (Å²) >= 11 is 6.85. The molecule has 0 bridgehead atoms. The van der Waals surface area contributed by atoms with Crippen LogP contribution in [0.5, 0.6) is 0 Å². The third-order valence-corrected chi connectivity index (χ3v) is 7.03. The van der Waals surface area contributed by atoms with E-state index < -0.39 is 20.4 Å². The molecule has 0 saturated heterocycles. The number of nitrogens with one attached hydrogen (secondary N) is 1. The van der Waals surface area contributed by atoms with Gasteiger partial charge in [-0.3, -0.25) is 0 Å². The van der Waals surface area contributed by atoms with Crippen LogP contribution < -0.4 is 4.72 Å². The Balaban J connectivity index is 2.10. The smallest absolute Gasteiger partial charge is 0.207 e. The van der Waals surface area contributed by atoms with E-state index in [2.05, 4.69) is 4.72 Å². The first-order valence-corrected chi connectivity index (χ1v) is 9.96. The fourth-order valence-corrected chi connectivity index (χ4v) is 5.71. The van der Waals surface area contributed by atoms with E-state index in [1.54, 1.807) is 24.3 Å². The van der Waals surface area contributed by atoms with Crippen LogP contribution in [0.3, 0.4) is 0 Å². The molecule has 2 aromatic carbocycles. The molecule has 1 N–H and O–H groups in total. The predicted octanol–water partition coefficient (Wildman–Crippen LogP) is 4.13. The highest BCUT2D eigenvalue weighted by molar-refractivity contribution is 7.89. The molecule has 0 aliphatic heterocycles. The summed E-state index contributed by atoms with van der Waals surface area (Å²) in [6.45, 7) is 5.82. The van der Waals surface area contributed by atoms with Crippen LogP contribution in [0, 0.1) is 6.92 Å². The van der Waals surface area contributed by atoms with Gasteiger partial charge >= 0.3 is 0 Å². The van der Waals surface area contributed by atoms with Gasteiger partial charge in [-0.2, -0.15) is 4.72 Å². The maximum Gasteiger partial charge on any atom is 0.241 e. The quantitative estimate of drug-likeness (QED) is 0.830. The number of aryl methyl sites for hydroxylation is 1. The monoisotopic (exact) mass is 363 g/mol. The fourth-order valence-electron chi connectivity index (χ4n) is 3.68. The molecule has 2 atom stereocenters. The molecule has 0 aromatic heterocycles. The molecule has 0 heterocycles. The second-order valence-electron chi connectivity index (χ2n) is 6.71. The van der Waals surface area contributed by atoms with E-state index in [4.69, 9.17) is 11.6 Å². The van der Waals surface area contributed by atoms with Gasteiger partial charge in [-0.1, -0.05) is 48.9 Å². The van der Waals surface area contributed by atoms with Crippen LogP contribution in [0.2, 0.25) is 0 Å². The molecule has 24 heavy (non-hydrogen) atoms. The molecule has 0 unspecified atom stereocenters. The Bertz CT molecular complexity index is 859. The lowest BCUT2D eigenvalue weighted by Gasteiger charge is -2.40. The lowest BCUT2D eigenvalue weighted by atomic mass is 9.82. The number of hydrogen-bond donors (Lipinski definition) is 1. The summed E-state index contributed by atoms with van der Waals surface area (Å²) < 4.78 is 28.9. The maximum absolute atomic E-state index is 13.0. The number of fused-ring (bicyclic) bond motifs is 1. The largest absolute Gasteiger partial charge is 0.241 e. The summed E-state index contributed by atoms with van der Waals surface area (Å²) in [5.74, 6) is 0. The summed E-state index contributed by atoms with van der Waals surface area (Å²) in [7, 11) is -3.68. The zero-order valence-corrected chi connectivity index (χ0v) is 15.7. The van der Waals surface area contributed by atoms with E-state index in [0.717, 1.165) is 16.7 Å². The Morgan fingerprint density at radius 2 is 1.75 bits per heavy atom. The van der Waals surface area contributed by atoms with Gasteiger partial charge in [0.25, 0.3) is 0 Å². The number of sulfonamides is 1. The number of halogens is 1. The SMILES string of the molecule is CC[C@@]1(NS(=O)(=O)c2ccc(C)cc2)c2ccccc2C[C@@]1(C)Cl. The van der Waals surface area contributed by atoms with Crippen LogP contribution in [-0.4, -0.2) is 13.3 Å². The molecule has 128 valence electrons. The minimum absolute atomic E-state index is 0.262. The van der Waals surface area contributed by atoms with E-state index in [1.165, 1.54) is 0 Å². The van der Waals surface area contributed by atoms with Gasteiger partial charge in [0.2, 0.25) is 10.0 Å². The fraction of sp³-hybridized carbons (Fsp3) is 0.368. The molecule has 2 aromatic rings. The molecule has 0 saturated carbocycles. The van der Waals surface area contributed by atoms with Crippen LogP contribution in [0.25, 0.3) is 0 Å². The first kappa shape index (κ1) is 17.5. The van der Waals surface area contributed by atoms with Crippen LogP contribution in [-0.2, 0) is 22.0 Å². The summed E-state index contributed by atoms with van der Waals surface area (Å²) in [5.41, 5.74) is 2.27. The van der Waals surface area contributed by atoms with E-state index in [-0.39, 0.29) is 4.90 Å². The van der Waals surface area contributed by atoms with Gasteiger partial charge in [0.05, 0.1) is 15.3 Å². The Morgan fingerprint density at radius 3 is 2.38 bits per heavy atom. The van der Waals surface area contributed by atoms with Crippen molar-refractivity contribution in [3.8, 4) is 0 Å². The van der Waals surface area contributed by atoms with Crippen LogP contribution in [0.1, 0.15) is 37.0 Å². The minimum atomic E-state index is -3.68. The average Bonchev–Trinajstić information content (AvgIpc) is 2.74. The predicted molar refractivity (Wildman–Crippen MR) is 97.9 cm³/mol. The lowest BCUT2D eigenvalue weighted by molar-refractivity contribution is 0.306. The van der Waals surface area contributed by atoms with Crippen molar-refractivity contribution >= 4 is 21.6 Å². The highest BCUT2D eigenvalue weighted by atomic mass is 35.5. The van der Waals surface area contributed by atoms with Crippen molar-refractivity contribution in [2.45, 2.75) is 48.9 Å². The molecule has 5 heteroatoms. The van der Waals surface area contributed by atoms with E-state index in [9.17, 15) is 8.42 Å². The zero-order valence-electron chi connectivity index (χ0n) is 14.1. The molecule has 0 radical (unpaired) electrons. The van der Waals surface area contributed by atoms with Crippen molar-refractivity contribution in [2.75, 3.05) is 0 Å². The van der Waals surface area contributed by atoms with Gasteiger partial charge in [-0.25, -0.2) is 8.42 Å². The van der Waals surface area contributed by atoms with Gasteiger partial charge in [0, 0.05) is 0 Å². The Labute approximate surface area is 149 Å². The number of alkyl halides is 1.